The summed E-state index contributed by atoms with van der Waals surface area (Å²) in [7, 11) is 0. The number of para-hydroxylation sites is 1. The van der Waals surface area contributed by atoms with E-state index in [1.54, 1.807) is 0 Å². The van der Waals surface area contributed by atoms with Crippen molar-refractivity contribution in [3.05, 3.63) is 121 Å². The van der Waals surface area contributed by atoms with Crippen molar-refractivity contribution >= 4 is 60.6 Å². The minimum absolute atomic E-state index is 1.07. The molecule has 0 bridgehead atoms. The molecule has 0 fully saturated rings. The van der Waals surface area contributed by atoms with Crippen LogP contribution in [-0.4, -0.2) is 4.57 Å². The third-order valence-electron chi connectivity index (χ3n) is 6.64. The van der Waals surface area contributed by atoms with Crippen LogP contribution in [0.4, 0.5) is 0 Å². The largest absolute Gasteiger partial charge is 0.309 e. The average Bonchev–Trinajstić information content (AvgIpc) is 3.45. The summed E-state index contributed by atoms with van der Waals surface area (Å²) in [6, 6.07) is 30.2. The van der Waals surface area contributed by atoms with Gasteiger partial charge >= 0.3 is 0 Å². The average molecular weight is 468 g/mol. The minimum atomic E-state index is 1.07. The van der Waals surface area contributed by atoms with E-state index in [1.165, 1.54) is 47.8 Å². The van der Waals surface area contributed by atoms with Crippen molar-refractivity contribution < 1.29 is 0 Å². The Bertz CT molecular complexity index is 1760. The van der Waals surface area contributed by atoms with E-state index < -0.39 is 0 Å². The van der Waals surface area contributed by atoms with Gasteiger partial charge in [0.2, 0.25) is 0 Å². The number of rotatable bonds is 5. The third-order valence-corrected chi connectivity index (χ3v) is 7.93. The Labute approximate surface area is 209 Å². The van der Waals surface area contributed by atoms with E-state index in [1.807, 2.05) is 23.5 Å². The molecule has 0 N–H and O–H groups in total. The molecule has 35 heavy (non-hydrogen) atoms. The Morgan fingerprint density at radius 3 is 2.20 bits per heavy atom. The smallest absolute Gasteiger partial charge is 0.0634 e. The Morgan fingerprint density at radius 1 is 0.771 bits per heavy atom. The molecular formula is C33H25NS. The fourth-order valence-electron chi connectivity index (χ4n) is 5.21. The van der Waals surface area contributed by atoms with Crippen LogP contribution in [-0.2, 0) is 0 Å². The van der Waals surface area contributed by atoms with E-state index >= 15 is 0 Å². The van der Waals surface area contributed by atoms with E-state index in [-0.39, 0.29) is 0 Å². The quantitative estimate of drug-likeness (QED) is 0.238. The maximum atomic E-state index is 4.18. The Kier molecular flexibility index (Phi) is 5.24. The van der Waals surface area contributed by atoms with Gasteiger partial charge in [-0.05, 0) is 47.9 Å². The number of fused-ring (bicyclic) bond motifs is 5. The van der Waals surface area contributed by atoms with Crippen LogP contribution in [0.2, 0.25) is 0 Å². The fraction of sp³-hybridized carbons (Fsp3) is 0.0303. The van der Waals surface area contributed by atoms with Gasteiger partial charge in [-0.1, -0.05) is 98.1 Å². The number of nitrogens with zero attached hydrogens (tertiary/aromatic N) is 1. The predicted molar refractivity (Wildman–Crippen MR) is 156 cm³/mol. The Morgan fingerprint density at radius 2 is 1.51 bits per heavy atom. The topological polar surface area (TPSA) is 4.93 Å². The van der Waals surface area contributed by atoms with Gasteiger partial charge in [0.05, 0.1) is 11.2 Å². The summed E-state index contributed by atoms with van der Waals surface area (Å²) in [5.41, 5.74) is 8.27. The van der Waals surface area contributed by atoms with Gasteiger partial charge in [-0.3, -0.25) is 0 Å². The second kappa shape index (κ2) is 8.57. The number of thiophene rings is 1. The predicted octanol–water partition coefficient (Wildman–Crippen LogP) is 9.98. The minimum Gasteiger partial charge on any atom is -0.309 e. The summed E-state index contributed by atoms with van der Waals surface area (Å²) in [6.45, 7) is 10.4. The summed E-state index contributed by atoms with van der Waals surface area (Å²) in [5.74, 6) is 0. The highest BCUT2D eigenvalue weighted by Gasteiger charge is 2.22. The molecule has 168 valence electrons. The standard InChI is InChI=1S/C33H25NS/c1-4-14-23-21-28-25(5-2)29(6-3)34(24-17-11-8-12-18-24)31(28)30-27-20-13-19-26(33(27)35-32(23)30)22-15-9-7-10-16-22/h4-21H,2-3H2,1H3/b14-4+. The highest BCUT2D eigenvalue weighted by molar-refractivity contribution is 7.26. The summed E-state index contributed by atoms with van der Waals surface area (Å²) < 4.78 is 4.96. The normalized spacial score (nSPS) is 11.7. The maximum absolute atomic E-state index is 4.18. The van der Waals surface area contributed by atoms with Crippen LogP contribution in [0.25, 0.3) is 66.1 Å². The molecule has 1 nitrogen and oxygen atoms in total. The van der Waals surface area contributed by atoms with E-state index in [0.29, 0.717) is 0 Å². The lowest BCUT2D eigenvalue weighted by Crippen LogP contribution is -1.97. The first kappa shape index (κ1) is 21.4. The highest BCUT2D eigenvalue weighted by atomic mass is 32.1. The molecule has 0 saturated heterocycles. The molecule has 0 unspecified atom stereocenters. The number of hydrogen-bond donors (Lipinski definition) is 0. The lowest BCUT2D eigenvalue weighted by molar-refractivity contribution is 1.11. The summed E-state index contributed by atoms with van der Waals surface area (Å²) in [6.07, 6.45) is 8.27. The maximum Gasteiger partial charge on any atom is 0.0634 e. The van der Waals surface area contributed by atoms with Crippen LogP contribution in [0.1, 0.15) is 23.7 Å². The summed E-state index contributed by atoms with van der Waals surface area (Å²) in [4.78, 5) is 0. The third kappa shape index (κ3) is 3.22. The molecule has 2 heterocycles. The zero-order valence-corrected chi connectivity index (χ0v) is 20.5. The molecule has 0 radical (unpaired) electrons. The van der Waals surface area contributed by atoms with Crippen molar-refractivity contribution in [2.75, 3.05) is 0 Å². The monoisotopic (exact) mass is 467 g/mol. The van der Waals surface area contributed by atoms with Gasteiger partial charge in [0.1, 0.15) is 0 Å². The molecule has 2 heteroatoms. The van der Waals surface area contributed by atoms with Crippen molar-refractivity contribution in [3.63, 3.8) is 0 Å². The first-order valence-corrected chi connectivity index (χ1v) is 12.6. The fourth-order valence-corrected chi connectivity index (χ4v) is 6.54. The van der Waals surface area contributed by atoms with E-state index in [0.717, 1.165) is 16.9 Å². The molecule has 0 saturated carbocycles. The van der Waals surface area contributed by atoms with Crippen LogP contribution in [0, 0.1) is 0 Å². The second-order valence-corrected chi connectivity index (χ2v) is 9.62. The van der Waals surface area contributed by atoms with Crippen molar-refractivity contribution in [1.29, 1.82) is 0 Å². The molecule has 6 aromatic rings. The van der Waals surface area contributed by atoms with Gasteiger partial charge in [0, 0.05) is 36.8 Å². The summed E-state index contributed by atoms with van der Waals surface area (Å²) in [5, 5.41) is 3.77. The number of aromatic nitrogens is 1. The van der Waals surface area contributed by atoms with Crippen molar-refractivity contribution in [2.24, 2.45) is 0 Å². The van der Waals surface area contributed by atoms with Crippen LogP contribution in [0.15, 0.2) is 104 Å². The zero-order valence-electron chi connectivity index (χ0n) is 19.7. The Hall–Kier alpha value is -4.14. The molecular weight excluding hydrogens is 442 g/mol. The van der Waals surface area contributed by atoms with Gasteiger partial charge in [-0.15, -0.1) is 11.3 Å². The van der Waals surface area contributed by atoms with Crippen LogP contribution >= 0.6 is 11.3 Å². The van der Waals surface area contributed by atoms with Crippen LogP contribution in [0.5, 0.6) is 0 Å². The van der Waals surface area contributed by atoms with Gasteiger partial charge in [0.25, 0.3) is 0 Å². The Balaban J connectivity index is 1.88. The van der Waals surface area contributed by atoms with Crippen LogP contribution in [0.3, 0.4) is 0 Å². The summed E-state index contributed by atoms with van der Waals surface area (Å²) >= 11 is 1.88. The van der Waals surface area contributed by atoms with E-state index in [4.69, 9.17) is 0 Å². The van der Waals surface area contributed by atoms with Crippen LogP contribution < -0.4 is 0 Å². The second-order valence-electron chi connectivity index (χ2n) is 8.59. The van der Waals surface area contributed by atoms with Crippen molar-refractivity contribution in [2.45, 2.75) is 6.92 Å². The molecule has 0 aliphatic heterocycles. The highest BCUT2D eigenvalue weighted by Crippen LogP contribution is 2.47. The first-order chi connectivity index (χ1) is 17.3. The van der Waals surface area contributed by atoms with Crippen molar-refractivity contribution in [3.8, 4) is 16.8 Å². The lowest BCUT2D eigenvalue weighted by atomic mass is 9.99. The zero-order chi connectivity index (χ0) is 23.9. The number of benzene rings is 4. The SMILES string of the molecule is C=Cc1c(C=C)n(-c2ccccc2)c2c1cc(/C=C/C)c1sc3c(-c4ccccc4)cccc3c12. The van der Waals surface area contributed by atoms with E-state index in [2.05, 4.69) is 122 Å². The van der Waals surface area contributed by atoms with Gasteiger partial charge < -0.3 is 4.57 Å². The molecule has 0 spiro atoms. The van der Waals surface area contributed by atoms with E-state index in [9.17, 15) is 0 Å². The van der Waals surface area contributed by atoms with Gasteiger partial charge in [-0.25, -0.2) is 0 Å². The molecule has 0 aliphatic carbocycles. The molecule has 6 rings (SSSR count). The van der Waals surface area contributed by atoms with Gasteiger partial charge in [0.15, 0.2) is 0 Å². The molecule has 0 amide bonds. The number of allylic oxidation sites excluding steroid dienone is 1. The molecule has 0 aliphatic rings. The molecule has 2 aromatic heterocycles. The van der Waals surface area contributed by atoms with Gasteiger partial charge in [-0.2, -0.15) is 0 Å². The first-order valence-electron chi connectivity index (χ1n) is 11.8. The van der Waals surface area contributed by atoms with Crippen molar-refractivity contribution in [1.82, 2.24) is 4.57 Å². The molecule has 0 atom stereocenters. The lowest BCUT2D eigenvalue weighted by Gasteiger charge is -2.11. The number of hydrogen-bond acceptors (Lipinski definition) is 1. The molecule has 4 aromatic carbocycles.